The van der Waals surface area contributed by atoms with Crippen molar-refractivity contribution in [1.29, 1.82) is 0 Å². The first kappa shape index (κ1) is 11.8. The number of carbonyl (C=O) groups is 1. The third kappa shape index (κ3) is 1.62. The molecule has 16 heavy (non-hydrogen) atoms. The predicted molar refractivity (Wildman–Crippen MR) is 53.1 cm³/mol. The average Bonchev–Trinajstić information content (AvgIpc) is 2.48. The van der Waals surface area contributed by atoms with Crippen LogP contribution in [0.5, 0.6) is 0 Å². The Balaban J connectivity index is 2.15. The number of aliphatic hydroxyl groups is 4. The predicted octanol–water partition coefficient (Wildman–Crippen LogP) is -1.97. The van der Waals surface area contributed by atoms with Crippen LogP contribution < -0.4 is 0 Å². The van der Waals surface area contributed by atoms with Crippen molar-refractivity contribution in [1.82, 2.24) is 4.90 Å². The molecule has 6 nitrogen and oxygen atoms in total. The maximum atomic E-state index is 11.9. The maximum Gasteiger partial charge on any atom is 0.228 e. The topological polar surface area (TPSA) is 101 Å². The molecule has 0 aromatic heterocycles. The molecule has 1 amide bonds. The maximum absolute atomic E-state index is 11.9. The van der Waals surface area contributed by atoms with Gasteiger partial charge in [0.05, 0.1) is 6.04 Å². The molecular formula is C10H17NO5. The van der Waals surface area contributed by atoms with Crippen LogP contribution in [-0.2, 0) is 4.79 Å². The number of carbonyl (C=O) groups excluding carboxylic acids is 1. The van der Waals surface area contributed by atoms with Crippen LogP contribution in [0, 0.1) is 5.92 Å². The SMILES string of the molecule is O=C1C(CCO)CCC2C(O)C(O)C(O)N12. The summed E-state index contributed by atoms with van der Waals surface area (Å²) in [4.78, 5) is 13.1. The highest BCUT2D eigenvalue weighted by Crippen LogP contribution is 2.35. The molecule has 2 saturated heterocycles. The van der Waals surface area contributed by atoms with Gasteiger partial charge in [0, 0.05) is 12.5 Å². The van der Waals surface area contributed by atoms with Gasteiger partial charge in [0.1, 0.15) is 12.2 Å². The van der Waals surface area contributed by atoms with Crippen LogP contribution >= 0.6 is 0 Å². The zero-order valence-electron chi connectivity index (χ0n) is 8.86. The van der Waals surface area contributed by atoms with E-state index in [9.17, 15) is 20.1 Å². The highest BCUT2D eigenvalue weighted by molar-refractivity contribution is 5.80. The van der Waals surface area contributed by atoms with E-state index >= 15 is 0 Å². The van der Waals surface area contributed by atoms with Crippen molar-refractivity contribution in [3.05, 3.63) is 0 Å². The standard InChI is InChI=1S/C10H17NO5/c12-4-3-5-1-2-6-7(13)8(14)10(16)11(6)9(5)15/h5-8,10,12-14,16H,1-4H2. The van der Waals surface area contributed by atoms with Gasteiger partial charge >= 0.3 is 0 Å². The van der Waals surface area contributed by atoms with Gasteiger partial charge in [-0.3, -0.25) is 4.79 Å². The van der Waals surface area contributed by atoms with Crippen LogP contribution in [0.15, 0.2) is 0 Å². The molecule has 2 rings (SSSR count). The fraction of sp³-hybridized carbons (Fsp3) is 0.900. The molecule has 0 spiro atoms. The summed E-state index contributed by atoms with van der Waals surface area (Å²) in [6.07, 6.45) is -2.20. The molecule has 4 N–H and O–H groups in total. The highest BCUT2D eigenvalue weighted by atomic mass is 16.4. The molecule has 2 aliphatic heterocycles. The Bertz CT molecular complexity index is 284. The number of nitrogens with zero attached hydrogens (tertiary/aromatic N) is 1. The molecule has 2 fully saturated rings. The summed E-state index contributed by atoms with van der Waals surface area (Å²) >= 11 is 0. The minimum absolute atomic E-state index is 0.0733. The molecule has 0 radical (unpaired) electrons. The fourth-order valence-corrected chi connectivity index (χ4v) is 2.66. The lowest BCUT2D eigenvalue weighted by molar-refractivity contribution is -0.153. The number of amides is 1. The summed E-state index contributed by atoms with van der Waals surface area (Å²) in [5.41, 5.74) is 0. The second-order valence-electron chi connectivity index (χ2n) is 4.49. The van der Waals surface area contributed by atoms with Gasteiger partial charge in [0.2, 0.25) is 5.91 Å². The Morgan fingerprint density at radius 2 is 1.88 bits per heavy atom. The lowest BCUT2D eigenvalue weighted by Crippen LogP contribution is -2.50. The van der Waals surface area contributed by atoms with Crippen LogP contribution in [0.25, 0.3) is 0 Å². The molecule has 0 aliphatic carbocycles. The first-order valence-electron chi connectivity index (χ1n) is 5.55. The summed E-state index contributed by atoms with van der Waals surface area (Å²) in [5.74, 6) is -0.596. The number of hydrogen-bond acceptors (Lipinski definition) is 5. The molecule has 6 heteroatoms. The molecule has 5 unspecified atom stereocenters. The smallest absolute Gasteiger partial charge is 0.228 e. The molecule has 5 atom stereocenters. The zero-order chi connectivity index (χ0) is 11.9. The minimum Gasteiger partial charge on any atom is -0.396 e. The van der Waals surface area contributed by atoms with E-state index in [-0.39, 0.29) is 18.4 Å². The van der Waals surface area contributed by atoms with E-state index in [1.807, 2.05) is 0 Å². The number of aliphatic hydroxyl groups excluding tert-OH is 4. The van der Waals surface area contributed by atoms with Crippen molar-refractivity contribution in [2.24, 2.45) is 5.92 Å². The van der Waals surface area contributed by atoms with Crippen molar-refractivity contribution in [3.8, 4) is 0 Å². The van der Waals surface area contributed by atoms with Gasteiger partial charge in [-0.1, -0.05) is 0 Å². The molecule has 2 heterocycles. The van der Waals surface area contributed by atoms with Gasteiger partial charge in [0.15, 0.2) is 6.23 Å². The quantitative estimate of drug-likeness (QED) is 0.441. The second kappa shape index (κ2) is 4.29. The van der Waals surface area contributed by atoms with Gasteiger partial charge < -0.3 is 25.3 Å². The van der Waals surface area contributed by atoms with Crippen molar-refractivity contribution in [2.45, 2.75) is 43.7 Å². The van der Waals surface area contributed by atoms with E-state index in [4.69, 9.17) is 5.11 Å². The molecule has 0 aromatic carbocycles. The molecule has 0 saturated carbocycles. The molecule has 0 bridgehead atoms. The van der Waals surface area contributed by atoms with E-state index in [1.54, 1.807) is 0 Å². The van der Waals surface area contributed by atoms with Crippen LogP contribution in [0.4, 0.5) is 0 Å². The van der Waals surface area contributed by atoms with E-state index in [1.165, 1.54) is 4.90 Å². The van der Waals surface area contributed by atoms with E-state index in [0.717, 1.165) is 0 Å². The van der Waals surface area contributed by atoms with Crippen molar-refractivity contribution in [3.63, 3.8) is 0 Å². The van der Waals surface area contributed by atoms with Crippen LogP contribution in [0.3, 0.4) is 0 Å². The monoisotopic (exact) mass is 231 g/mol. The molecular weight excluding hydrogens is 214 g/mol. The number of piperidine rings is 1. The molecule has 92 valence electrons. The van der Waals surface area contributed by atoms with Gasteiger partial charge in [-0.25, -0.2) is 0 Å². The van der Waals surface area contributed by atoms with Crippen molar-refractivity contribution in [2.75, 3.05) is 6.61 Å². The van der Waals surface area contributed by atoms with Crippen molar-refractivity contribution >= 4 is 5.91 Å². The normalized spacial score (nSPS) is 43.6. The Hall–Kier alpha value is -0.690. The van der Waals surface area contributed by atoms with Gasteiger partial charge in [-0.2, -0.15) is 0 Å². The highest BCUT2D eigenvalue weighted by Gasteiger charge is 2.52. The van der Waals surface area contributed by atoms with E-state index < -0.39 is 24.5 Å². The molecule has 2 aliphatic rings. The van der Waals surface area contributed by atoms with Crippen molar-refractivity contribution < 1.29 is 25.2 Å². The lowest BCUT2D eigenvalue weighted by Gasteiger charge is -2.36. The average molecular weight is 231 g/mol. The van der Waals surface area contributed by atoms with E-state index in [0.29, 0.717) is 19.3 Å². The number of hydrogen-bond donors (Lipinski definition) is 4. The Kier molecular flexibility index (Phi) is 3.16. The second-order valence-corrected chi connectivity index (χ2v) is 4.49. The first-order chi connectivity index (χ1) is 7.57. The minimum atomic E-state index is -1.33. The van der Waals surface area contributed by atoms with E-state index in [2.05, 4.69) is 0 Å². The Labute approximate surface area is 93.1 Å². The summed E-state index contributed by atoms with van der Waals surface area (Å²) in [6.45, 7) is -0.0733. The summed E-state index contributed by atoms with van der Waals surface area (Å²) < 4.78 is 0. The van der Waals surface area contributed by atoms with Gasteiger partial charge in [-0.05, 0) is 19.3 Å². The summed E-state index contributed by atoms with van der Waals surface area (Å²) in [6, 6.07) is -0.493. The lowest BCUT2D eigenvalue weighted by atomic mass is 9.89. The fourth-order valence-electron chi connectivity index (χ4n) is 2.66. The van der Waals surface area contributed by atoms with Gasteiger partial charge in [-0.15, -0.1) is 0 Å². The Morgan fingerprint density at radius 3 is 2.50 bits per heavy atom. The number of fused-ring (bicyclic) bond motifs is 1. The molecule has 0 aromatic rings. The summed E-state index contributed by atoms with van der Waals surface area (Å²) in [7, 11) is 0. The number of rotatable bonds is 2. The summed E-state index contributed by atoms with van der Waals surface area (Å²) in [5, 5.41) is 37.6. The largest absolute Gasteiger partial charge is 0.396 e. The van der Waals surface area contributed by atoms with Gasteiger partial charge in [0.25, 0.3) is 0 Å². The van der Waals surface area contributed by atoms with Crippen LogP contribution in [-0.4, -0.2) is 62.3 Å². The Morgan fingerprint density at radius 1 is 1.19 bits per heavy atom. The van der Waals surface area contributed by atoms with Crippen LogP contribution in [0.2, 0.25) is 0 Å². The zero-order valence-corrected chi connectivity index (χ0v) is 8.86. The third-order valence-corrected chi connectivity index (χ3v) is 3.58. The van der Waals surface area contributed by atoms with Crippen LogP contribution in [0.1, 0.15) is 19.3 Å². The third-order valence-electron chi connectivity index (χ3n) is 3.58. The first-order valence-corrected chi connectivity index (χ1v) is 5.55.